The van der Waals surface area contributed by atoms with Crippen LogP contribution in [0.5, 0.6) is 17.2 Å². The molecule has 2 aliphatic rings. The van der Waals surface area contributed by atoms with Crippen molar-refractivity contribution in [2.75, 3.05) is 6.79 Å². The van der Waals surface area contributed by atoms with Gasteiger partial charge in [0.05, 0.1) is 6.04 Å². The molecule has 0 aromatic heterocycles. The van der Waals surface area contributed by atoms with Crippen LogP contribution in [0.1, 0.15) is 56.7 Å². The number of benzene rings is 2. The topological polar surface area (TPSA) is 56.8 Å². The van der Waals surface area contributed by atoms with E-state index in [1.165, 1.54) is 0 Å². The number of para-hydroxylation sites is 1. The summed E-state index contributed by atoms with van der Waals surface area (Å²) in [5.74, 6) is 2.47. The fraction of sp³-hybridized carbons (Fsp3) is 0.435. The first-order chi connectivity index (χ1) is 13.6. The molecule has 2 aliphatic heterocycles. The van der Waals surface area contributed by atoms with Crippen LogP contribution in [0.15, 0.2) is 42.5 Å². The minimum absolute atomic E-state index is 0.0193. The number of nitrogens with one attached hydrogen (secondary N) is 1. The number of ether oxygens (including phenoxy) is 3. The van der Waals surface area contributed by atoms with E-state index in [0.29, 0.717) is 12.8 Å². The molecule has 2 aromatic rings. The van der Waals surface area contributed by atoms with Gasteiger partial charge in [-0.25, -0.2) is 0 Å². The monoisotopic (exact) mass is 381 g/mol. The van der Waals surface area contributed by atoms with Crippen molar-refractivity contribution in [3.05, 3.63) is 53.6 Å². The summed E-state index contributed by atoms with van der Waals surface area (Å²) in [6, 6.07) is 13.9. The predicted octanol–water partition coefficient (Wildman–Crippen LogP) is 4.55. The van der Waals surface area contributed by atoms with Gasteiger partial charge in [-0.1, -0.05) is 38.1 Å². The predicted molar refractivity (Wildman–Crippen MR) is 107 cm³/mol. The molecule has 0 bridgehead atoms. The second kappa shape index (κ2) is 7.74. The number of carbonyl (C=O) groups is 1. The second-order valence-electron chi connectivity index (χ2n) is 7.54. The van der Waals surface area contributed by atoms with Gasteiger partial charge in [0.2, 0.25) is 12.7 Å². The average Bonchev–Trinajstić information content (AvgIpc) is 3.20. The number of hydrogen-bond acceptors (Lipinski definition) is 4. The maximum atomic E-state index is 12.7. The van der Waals surface area contributed by atoms with E-state index >= 15 is 0 Å². The summed E-state index contributed by atoms with van der Waals surface area (Å²) < 4.78 is 17.1. The molecular formula is C23H27NO4. The Labute approximate surface area is 166 Å². The lowest BCUT2D eigenvalue weighted by molar-refractivity contribution is -0.122. The summed E-state index contributed by atoms with van der Waals surface area (Å²) in [6.07, 6.45) is 3.74. The molecule has 28 heavy (non-hydrogen) atoms. The molecule has 0 radical (unpaired) electrons. The Balaban J connectivity index is 1.43. The number of aryl methyl sites for hydroxylation is 1. The van der Waals surface area contributed by atoms with Gasteiger partial charge < -0.3 is 19.5 Å². The summed E-state index contributed by atoms with van der Waals surface area (Å²) in [7, 11) is 0. The van der Waals surface area contributed by atoms with Crippen molar-refractivity contribution in [2.24, 2.45) is 0 Å². The van der Waals surface area contributed by atoms with Crippen LogP contribution in [0, 0.1) is 0 Å². The lowest BCUT2D eigenvalue weighted by Gasteiger charge is -2.41. The minimum Gasteiger partial charge on any atom is -0.487 e. The Morgan fingerprint density at radius 2 is 1.86 bits per heavy atom. The van der Waals surface area contributed by atoms with Crippen molar-refractivity contribution < 1.29 is 19.0 Å². The van der Waals surface area contributed by atoms with Gasteiger partial charge in [-0.05, 0) is 43.0 Å². The molecule has 0 aliphatic carbocycles. The molecule has 148 valence electrons. The normalized spacial score (nSPS) is 18.9. The lowest BCUT2D eigenvalue weighted by Crippen LogP contribution is -2.44. The van der Waals surface area contributed by atoms with Gasteiger partial charge in [0.25, 0.3) is 0 Å². The summed E-state index contributed by atoms with van der Waals surface area (Å²) >= 11 is 0. The number of fused-ring (bicyclic) bond motifs is 2. The zero-order valence-electron chi connectivity index (χ0n) is 16.5. The van der Waals surface area contributed by atoms with Crippen molar-refractivity contribution in [2.45, 2.75) is 57.6 Å². The number of amides is 1. The van der Waals surface area contributed by atoms with Crippen molar-refractivity contribution in [1.29, 1.82) is 0 Å². The highest BCUT2D eigenvalue weighted by atomic mass is 16.7. The van der Waals surface area contributed by atoms with Gasteiger partial charge in [-0.3, -0.25) is 4.79 Å². The van der Waals surface area contributed by atoms with Crippen LogP contribution in [-0.2, 0) is 11.2 Å². The van der Waals surface area contributed by atoms with Gasteiger partial charge in [0.1, 0.15) is 11.4 Å². The molecule has 5 heteroatoms. The van der Waals surface area contributed by atoms with Crippen molar-refractivity contribution >= 4 is 5.91 Å². The van der Waals surface area contributed by atoms with Crippen LogP contribution >= 0.6 is 0 Å². The van der Waals surface area contributed by atoms with Crippen LogP contribution < -0.4 is 19.5 Å². The average molecular weight is 381 g/mol. The molecule has 0 unspecified atom stereocenters. The van der Waals surface area contributed by atoms with E-state index in [1.54, 1.807) is 0 Å². The zero-order chi connectivity index (χ0) is 19.6. The van der Waals surface area contributed by atoms with Crippen LogP contribution in [0.3, 0.4) is 0 Å². The largest absolute Gasteiger partial charge is 0.487 e. The van der Waals surface area contributed by atoms with Gasteiger partial charge in [0, 0.05) is 18.4 Å². The number of hydrogen-bond donors (Lipinski definition) is 1. The van der Waals surface area contributed by atoms with Crippen LogP contribution in [0.2, 0.25) is 0 Å². The van der Waals surface area contributed by atoms with Crippen LogP contribution in [0.25, 0.3) is 0 Å². The SMILES string of the molecule is CCC1(CC)C[C@@H](NC(=O)CCc2ccc3c(c2)OCO3)c2ccccc2O1. The van der Waals surface area contributed by atoms with Crippen LogP contribution in [0.4, 0.5) is 0 Å². The third-order valence-corrected chi connectivity index (χ3v) is 5.90. The maximum absolute atomic E-state index is 12.7. The fourth-order valence-electron chi connectivity index (χ4n) is 4.05. The van der Waals surface area contributed by atoms with Gasteiger partial charge >= 0.3 is 0 Å². The number of rotatable bonds is 6. The smallest absolute Gasteiger partial charge is 0.231 e. The molecular weight excluding hydrogens is 354 g/mol. The first kappa shape index (κ1) is 18.7. The number of carbonyl (C=O) groups excluding carboxylic acids is 1. The highest BCUT2D eigenvalue weighted by Crippen LogP contribution is 2.42. The Hall–Kier alpha value is -2.69. The van der Waals surface area contributed by atoms with E-state index in [0.717, 1.165) is 47.6 Å². The fourth-order valence-corrected chi connectivity index (χ4v) is 4.05. The van der Waals surface area contributed by atoms with Gasteiger partial charge in [-0.15, -0.1) is 0 Å². The first-order valence-corrected chi connectivity index (χ1v) is 10.1. The summed E-state index contributed by atoms with van der Waals surface area (Å²) in [6.45, 7) is 4.56. The first-order valence-electron chi connectivity index (χ1n) is 10.1. The van der Waals surface area contributed by atoms with Crippen LogP contribution in [-0.4, -0.2) is 18.3 Å². The zero-order valence-corrected chi connectivity index (χ0v) is 16.5. The minimum atomic E-state index is -0.219. The molecule has 1 atom stereocenters. The molecule has 0 saturated heterocycles. The maximum Gasteiger partial charge on any atom is 0.231 e. The molecule has 0 fully saturated rings. The summed E-state index contributed by atoms with van der Waals surface area (Å²) in [5.41, 5.74) is 1.92. The third kappa shape index (κ3) is 3.66. The Morgan fingerprint density at radius 3 is 2.68 bits per heavy atom. The molecule has 0 saturated carbocycles. The van der Waals surface area contributed by atoms with E-state index in [4.69, 9.17) is 14.2 Å². The van der Waals surface area contributed by atoms with Crippen molar-refractivity contribution in [1.82, 2.24) is 5.32 Å². The molecule has 1 amide bonds. The van der Waals surface area contributed by atoms with E-state index in [1.807, 2.05) is 42.5 Å². The van der Waals surface area contributed by atoms with Gasteiger partial charge in [-0.2, -0.15) is 0 Å². The van der Waals surface area contributed by atoms with Crippen molar-refractivity contribution in [3.63, 3.8) is 0 Å². The van der Waals surface area contributed by atoms with E-state index < -0.39 is 0 Å². The molecule has 5 nitrogen and oxygen atoms in total. The quantitative estimate of drug-likeness (QED) is 0.798. The Kier molecular flexibility index (Phi) is 5.16. The highest BCUT2D eigenvalue weighted by molar-refractivity contribution is 5.77. The molecule has 4 rings (SSSR count). The lowest BCUT2D eigenvalue weighted by atomic mass is 9.83. The van der Waals surface area contributed by atoms with Crippen molar-refractivity contribution in [3.8, 4) is 17.2 Å². The summed E-state index contributed by atoms with van der Waals surface area (Å²) in [4.78, 5) is 12.7. The molecule has 1 N–H and O–H groups in total. The Bertz CT molecular complexity index is 859. The van der Waals surface area contributed by atoms with E-state index in [-0.39, 0.29) is 24.3 Å². The standard InChI is InChI=1S/C23H27NO4/c1-3-23(4-2)14-18(17-7-5-6-8-19(17)28-23)24-22(25)12-10-16-9-11-20-21(13-16)27-15-26-20/h5-9,11,13,18H,3-4,10,12,14-15H2,1-2H3,(H,24,25)/t18-/m1/s1. The molecule has 2 heterocycles. The Morgan fingerprint density at radius 1 is 1.07 bits per heavy atom. The van der Waals surface area contributed by atoms with E-state index in [2.05, 4.69) is 19.2 Å². The highest BCUT2D eigenvalue weighted by Gasteiger charge is 2.38. The second-order valence-corrected chi connectivity index (χ2v) is 7.54. The summed E-state index contributed by atoms with van der Waals surface area (Å²) in [5, 5.41) is 3.25. The van der Waals surface area contributed by atoms with E-state index in [9.17, 15) is 4.79 Å². The van der Waals surface area contributed by atoms with Gasteiger partial charge in [0.15, 0.2) is 11.5 Å². The molecule has 2 aromatic carbocycles. The third-order valence-electron chi connectivity index (χ3n) is 5.90. The molecule has 0 spiro atoms.